The average Bonchev–Trinajstić information content (AvgIpc) is 2.13. The Hall–Kier alpha value is 0.110. The molecule has 0 saturated carbocycles. The van der Waals surface area contributed by atoms with E-state index < -0.39 is 0 Å². The van der Waals surface area contributed by atoms with Crippen LogP contribution in [0.2, 0.25) is 0 Å². The van der Waals surface area contributed by atoms with Crippen LogP contribution in [0.1, 0.15) is 16.8 Å². The minimum atomic E-state index is 1.00. The molecule has 0 aliphatic carbocycles. The fourth-order valence-corrected chi connectivity index (χ4v) is 1.92. The van der Waals surface area contributed by atoms with E-state index in [-0.39, 0.29) is 0 Å². The van der Waals surface area contributed by atoms with Crippen molar-refractivity contribution in [2.45, 2.75) is 20.3 Å². The number of nitrogens with zero attached hydrogens (tertiary/aromatic N) is 1. The zero-order valence-electron chi connectivity index (χ0n) is 5.44. The first kappa shape index (κ1) is 7.22. The lowest BCUT2D eigenvalue weighted by Gasteiger charge is -1.78. The summed E-state index contributed by atoms with van der Waals surface area (Å²) in [6.07, 6.45) is 1.04. The summed E-state index contributed by atoms with van der Waals surface area (Å²) < 4.78 is 1.00. The Bertz CT molecular complexity index is 187. The first-order valence-corrected chi connectivity index (χ1v) is 4.46. The van der Waals surface area contributed by atoms with E-state index in [1.165, 1.54) is 9.88 Å². The smallest absolute Gasteiger partial charge is 0.120 e. The second kappa shape index (κ2) is 2.80. The topological polar surface area (TPSA) is 12.9 Å². The number of aryl methyl sites for hydroxylation is 2. The Morgan fingerprint density at radius 3 is 2.56 bits per heavy atom. The van der Waals surface area contributed by atoms with Gasteiger partial charge in [0.1, 0.15) is 4.60 Å². The van der Waals surface area contributed by atoms with Crippen molar-refractivity contribution >= 4 is 27.3 Å². The third-order valence-corrected chi connectivity index (χ3v) is 3.24. The van der Waals surface area contributed by atoms with Crippen molar-refractivity contribution in [3.8, 4) is 0 Å². The molecule has 1 rings (SSSR count). The predicted octanol–water partition coefficient (Wildman–Crippen LogP) is 2.78. The summed E-state index contributed by atoms with van der Waals surface area (Å²) in [6, 6.07) is 0. The molecule has 50 valence electrons. The van der Waals surface area contributed by atoms with Gasteiger partial charge in [0.15, 0.2) is 0 Å². The van der Waals surface area contributed by atoms with Gasteiger partial charge in [-0.05, 0) is 29.3 Å². The van der Waals surface area contributed by atoms with Gasteiger partial charge in [0.05, 0.1) is 5.01 Å². The molecule has 1 aromatic heterocycles. The summed E-state index contributed by atoms with van der Waals surface area (Å²) in [5.74, 6) is 0. The first-order chi connectivity index (χ1) is 4.24. The highest BCUT2D eigenvalue weighted by Crippen LogP contribution is 2.21. The van der Waals surface area contributed by atoms with Crippen LogP contribution in [-0.4, -0.2) is 4.98 Å². The van der Waals surface area contributed by atoms with Crippen LogP contribution in [0.3, 0.4) is 0 Å². The van der Waals surface area contributed by atoms with Crippen molar-refractivity contribution in [1.29, 1.82) is 0 Å². The van der Waals surface area contributed by atoms with Gasteiger partial charge >= 0.3 is 0 Å². The summed E-state index contributed by atoms with van der Waals surface area (Å²) in [7, 11) is 0. The molecule has 0 saturated heterocycles. The van der Waals surface area contributed by atoms with E-state index in [1.807, 2.05) is 0 Å². The van der Waals surface area contributed by atoms with Crippen molar-refractivity contribution in [2.24, 2.45) is 0 Å². The second-order valence-electron chi connectivity index (χ2n) is 1.81. The van der Waals surface area contributed by atoms with Crippen molar-refractivity contribution in [1.82, 2.24) is 4.98 Å². The van der Waals surface area contributed by atoms with Crippen LogP contribution in [0, 0.1) is 6.92 Å². The number of hydrogen-bond acceptors (Lipinski definition) is 2. The monoisotopic (exact) mass is 205 g/mol. The minimum absolute atomic E-state index is 1.00. The maximum absolute atomic E-state index is 4.26. The van der Waals surface area contributed by atoms with E-state index in [1.54, 1.807) is 11.3 Å². The van der Waals surface area contributed by atoms with Crippen LogP contribution in [0.15, 0.2) is 4.60 Å². The lowest BCUT2D eigenvalue weighted by molar-refractivity contribution is 1.08. The van der Waals surface area contributed by atoms with Crippen molar-refractivity contribution in [3.05, 3.63) is 14.5 Å². The number of hydrogen-bond donors (Lipinski definition) is 0. The van der Waals surface area contributed by atoms with Crippen LogP contribution in [-0.2, 0) is 6.42 Å². The van der Waals surface area contributed by atoms with Gasteiger partial charge in [-0.15, -0.1) is 11.3 Å². The molecule has 1 heterocycles. The van der Waals surface area contributed by atoms with E-state index in [9.17, 15) is 0 Å². The minimum Gasteiger partial charge on any atom is -0.234 e. The Kier molecular flexibility index (Phi) is 2.24. The van der Waals surface area contributed by atoms with Crippen molar-refractivity contribution in [3.63, 3.8) is 0 Å². The molecular formula is C6H8BrNS. The largest absolute Gasteiger partial charge is 0.234 e. The summed E-state index contributed by atoms with van der Waals surface area (Å²) in [6.45, 7) is 4.19. The number of aromatic nitrogens is 1. The molecule has 0 aliphatic rings. The highest BCUT2D eigenvalue weighted by atomic mass is 79.9. The van der Waals surface area contributed by atoms with Gasteiger partial charge in [-0.3, -0.25) is 0 Å². The Labute approximate surface area is 67.3 Å². The molecule has 0 aromatic carbocycles. The summed E-state index contributed by atoms with van der Waals surface area (Å²) >= 11 is 5.11. The molecule has 0 bridgehead atoms. The summed E-state index contributed by atoms with van der Waals surface area (Å²) in [4.78, 5) is 5.53. The Morgan fingerprint density at radius 1 is 1.67 bits per heavy atom. The molecule has 0 N–H and O–H groups in total. The number of thiazole rings is 1. The second-order valence-corrected chi connectivity index (χ2v) is 3.85. The molecule has 0 fully saturated rings. The molecular weight excluding hydrogens is 198 g/mol. The fraction of sp³-hybridized carbons (Fsp3) is 0.500. The first-order valence-electron chi connectivity index (χ1n) is 2.86. The molecule has 0 amide bonds. The van der Waals surface area contributed by atoms with Crippen LogP contribution in [0.5, 0.6) is 0 Å². The van der Waals surface area contributed by atoms with E-state index >= 15 is 0 Å². The van der Waals surface area contributed by atoms with Crippen LogP contribution in [0.25, 0.3) is 0 Å². The van der Waals surface area contributed by atoms with E-state index in [0.29, 0.717) is 0 Å². The quantitative estimate of drug-likeness (QED) is 0.688. The molecule has 3 heteroatoms. The zero-order valence-corrected chi connectivity index (χ0v) is 7.84. The molecule has 9 heavy (non-hydrogen) atoms. The van der Waals surface area contributed by atoms with Gasteiger partial charge in [-0.1, -0.05) is 6.92 Å². The molecule has 0 spiro atoms. The van der Waals surface area contributed by atoms with Crippen LogP contribution < -0.4 is 0 Å². The number of rotatable bonds is 1. The van der Waals surface area contributed by atoms with Gasteiger partial charge in [-0.25, -0.2) is 4.98 Å². The third-order valence-electron chi connectivity index (χ3n) is 1.09. The van der Waals surface area contributed by atoms with Gasteiger partial charge < -0.3 is 0 Å². The summed E-state index contributed by atoms with van der Waals surface area (Å²) in [5, 5.41) is 1.21. The normalized spacial score (nSPS) is 10.1. The van der Waals surface area contributed by atoms with Gasteiger partial charge in [0.25, 0.3) is 0 Å². The molecule has 1 aromatic rings. The van der Waals surface area contributed by atoms with E-state index in [2.05, 4.69) is 34.8 Å². The highest BCUT2D eigenvalue weighted by molar-refractivity contribution is 9.10. The maximum Gasteiger partial charge on any atom is 0.120 e. The van der Waals surface area contributed by atoms with Crippen LogP contribution in [0.4, 0.5) is 0 Å². The highest BCUT2D eigenvalue weighted by Gasteiger charge is 2.00. The van der Waals surface area contributed by atoms with Gasteiger partial charge in [0.2, 0.25) is 0 Å². The van der Waals surface area contributed by atoms with Crippen molar-refractivity contribution in [2.75, 3.05) is 0 Å². The summed E-state index contributed by atoms with van der Waals surface area (Å²) in [5.41, 5.74) is 0. The number of halogens is 1. The molecule has 0 aliphatic heterocycles. The van der Waals surface area contributed by atoms with Crippen molar-refractivity contribution < 1.29 is 0 Å². The lowest BCUT2D eigenvalue weighted by Crippen LogP contribution is -1.73. The standard InChI is InChI=1S/C6H8BrNS/c1-3-5-8-6(7)4(2)9-5/h3H2,1-2H3. The molecule has 0 atom stereocenters. The zero-order chi connectivity index (χ0) is 6.85. The third kappa shape index (κ3) is 1.52. The van der Waals surface area contributed by atoms with Crippen LogP contribution >= 0.6 is 27.3 Å². The van der Waals surface area contributed by atoms with Gasteiger partial charge in [0, 0.05) is 4.88 Å². The van der Waals surface area contributed by atoms with Gasteiger partial charge in [-0.2, -0.15) is 0 Å². The predicted molar refractivity (Wildman–Crippen MR) is 43.9 cm³/mol. The molecule has 0 unspecified atom stereocenters. The lowest BCUT2D eigenvalue weighted by atomic mass is 10.5. The average molecular weight is 206 g/mol. The SMILES string of the molecule is CCc1nc(Br)c(C)s1. The Morgan fingerprint density at radius 2 is 2.33 bits per heavy atom. The van der Waals surface area contributed by atoms with E-state index in [4.69, 9.17) is 0 Å². The molecule has 1 nitrogen and oxygen atoms in total. The van der Waals surface area contributed by atoms with E-state index in [0.717, 1.165) is 11.0 Å². The maximum atomic E-state index is 4.26. The fourth-order valence-electron chi connectivity index (χ4n) is 0.581. The Balaban J connectivity index is 2.98. The molecule has 0 radical (unpaired) electrons.